The van der Waals surface area contributed by atoms with Crippen molar-refractivity contribution in [1.29, 1.82) is 0 Å². The van der Waals surface area contributed by atoms with E-state index in [1.807, 2.05) is 0 Å². The topological polar surface area (TPSA) is 17.1 Å². The lowest BCUT2D eigenvalue weighted by molar-refractivity contribution is 0.578. The van der Waals surface area contributed by atoms with E-state index >= 15 is 0 Å². The summed E-state index contributed by atoms with van der Waals surface area (Å²) in [5.74, 6) is 0. The molecule has 4 heteroatoms. The van der Waals surface area contributed by atoms with E-state index in [1.165, 1.54) is 0 Å². The van der Waals surface area contributed by atoms with Crippen LogP contribution in [0.3, 0.4) is 0 Å². The first kappa shape index (κ1) is 11.2. The minimum atomic E-state index is -1.91. The van der Waals surface area contributed by atoms with E-state index in [0.717, 1.165) is 23.0 Å². The minimum Gasteiger partial charge on any atom is -0.323 e. The molecule has 0 rings (SSSR count). The SMILES string of the molecule is [CH2]CP(=O)(CCBr)CCBr. The maximum atomic E-state index is 11.7. The highest BCUT2D eigenvalue weighted by atomic mass is 79.9. The van der Waals surface area contributed by atoms with Crippen LogP contribution in [-0.4, -0.2) is 29.1 Å². The molecule has 1 nitrogen and oxygen atoms in total. The Morgan fingerprint density at radius 3 is 1.80 bits per heavy atom. The molecule has 0 saturated heterocycles. The van der Waals surface area contributed by atoms with Crippen molar-refractivity contribution >= 4 is 39.0 Å². The van der Waals surface area contributed by atoms with Gasteiger partial charge in [0.15, 0.2) is 0 Å². The van der Waals surface area contributed by atoms with E-state index in [4.69, 9.17) is 0 Å². The van der Waals surface area contributed by atoms with Gasteiger partial charge < -0.3 is 4.57 Å². The fourth-order valence-electron chi connectivity index (χ4n) is 0.643. The van der Waals surface area contributed by atoms with Crippen molar-refractivity contribution in [1.82, 2.24) is 0 Å². The summed E-state index contributed by atoms with van der Waals surface area (Å²) in [6.07, 6.45) is 2.15. The van der Waals surface area contributed by atoms with Gasteiger partial charge in [-0.1, -0.05) is 31.9 Å². The second-order valence-electron chi connectivity index (χ2n) is 2.11. The molecule has 0 spiro atoms. The highest BCUT2D eigenvalue weighted by Gasteiger charge is 2.16. The lowest BCUT2D eigenvalue weighted by Gasteiger charge is -2.12. The molecular weight excluding hydrogens is 279 g/mol. The summed E-state index contributed by atoms with van der Waals surface area (Å²) in [7, 11) is -1.91. The van der Waals surface area contributed by atoms with E-state index in [2.05, 4.69) is 38.8 Å². The molecule has 0 heterocycles. The summed E-state index contributed by atoms with van der Waals surface area (Å²) < 4.78 is 11.7. The molecule has 0 aliphatic rings. The summed E-state index contributed by atoms with van der Waals surface area (Å²) in [6, 6.07) is 0. The van der Waals surface area contributed by atoms with Crippen LogP contribution in [0.2, 0.25) is 0 Å². The zero-order valence-corrected chi connectivity index (χ0v) is 9.92. The summed E-state index contributed by atoms with van der Waals surface area (Å²) in [5.41, 5.74) is 0. The molecule has 0 aromatic carbocycles. The number of halogens is 2. The van der Waals surface area contributed by atoms with Crippen LogP contribution in [-0.2, 0) is 4.57 Å². The van der Waals surface area contributed by atoms with Crippen molar-refractivity contribution in [3.05, 3.63) is 6.92 Å². The average Bonchev–Trinajstić information content (AvgIpc) is 1.89. The third-order valence-electron chi connectivity index (χ3n) is 1.39. The molecule has 0 amide bonds. The molecule has 0 aromatic heterocycles. The van der Waals surface area contributed by atoms with E-state index in [-0.39, 0.29) is 0 Å². The molecule has 10 heavy (non-hydrogen) atoms. The van der Waals surface area contributed by atoms with Gasteiger partial charge >= 0.3 is 0 Å². The third kappa shape index (κ3) is 4.15. The molecule has 0 aliphatic heterocycles. The molecule has 0 bridgehead atoms. The van der Waals surface area contributed by atoms with Crippen LogP contribution in [0.15, 0.2) is 0 Å². The van der Waals surface area contributed by atoms with Crippen LogP contribution in [0.5, 0.6) is 0 Å². The van der Waals surface area contributed by atoms with E-state index < -0.39 is 7.14 Å². The van der Waals surface area contributed by atoms with Gasteiger partial charge in [0, 0.05) is 29.1 Å². The minimum absolute atomic E-state index is 0.587. The van der Waals surface area contributed by atoms with Crippen molar-refractivity contribution in [2.45, 2.75) is 0 Å². The van der Waals surface area contributed by atoms with Crippen LogP contribution < -0.4 is 0 Å². The van der Waals surface area contributed by atoms with Crippen LogP contribution >= 0.6 is 39.0 Å². The van der Waals surface area contributed by atoms with Gasteiger partial charge in [0.1, 0.15) is 0 Å². The predicted molar refractivity (Wildman–Crippen MR) is 55.2 cm³/mol. The normalized spacial score (nSPS) is 11.9. The van der Waals surface area contributed by atoms with Crippen LogP contribution in [0.4, 0.5) is 0 Å². The fourth-order valence-corrected chi connectivity index (χ4v) is 5.81. The van der Waals surface area contributed by atoms with E-state index in [1.54, 1.807) is 0 Å². The van der Waals surface area contributed by atoms with Crippen molar-refractivity contribution in [3.8, 4) is 0 Å². The lowest BCUT2D eigenvalue weighted by Crippen LogP contribution is -1.99. The van der Waals surface area contributed by atoms with E-state index in [0.29, 0.717) is 6.16 Å². The molecule has 0 aromatic rings. The van der Waals surface area contributed by atoms with Gasteiger partial charge in [-0.25, -0.2) is 0 Å². The molecular formula is C6H12Br2OP. The second-order valence-corrected chi connectivity index (χ2v) is 7.15. The summed E-state index contributed by atoms with van der Waals surface area (Å²) in [6.45, 7) is 3.69. The Kier molecular flexibility index (Phi) is 6.48. The first-order chi connectivity index (χ1) is 4.68. The first-order valence-corrected chi connectivity index (χ1v) is 7.67. The fraction of sp³-hybridized carbons (Fsp3) is 0.833. The van der Waals surface area contributed by atoms with Gasteiger partial charge in [0.05, 0.1) is 7.14 Å². The summed E-state index contributed by atoms with van der Waals surface area (Å²) >= 11 is 6.56. The van der Waals surface area contributed by atoms with Crippen molar-refractivity contribution in [2.24, 2.45) is 0 Å². The lowest BCUT2D eigenvalue weighted by atomic mass is 10.9. The monoisotopic (exact) mass is 289 g/mol. The quantitative estimate of drug-likeness (QED) is 0.562. The smallest absolute Gasteiger partial charge is 0.0893 e. The highest BCUT2D eigenvalue weighted by Crippen LogP contribution is 2.44. The summed E-state index contributed by atoms with van der Waals surface area (Å²) in [4.78, 5) is 0. The van der Waals surface area contributed by atoms with Gasteiger partial charge in [-0.15, -0.1) is 0 Å². The largest absolute Gasteiger partial charge is 0.323 e. The molecule has 0 fully saturated rings. The van der Waals surface area contributed by atoms with Gasteiger partial charge in [-0.3, -0.25) is 0 Å². The second kappa shape index (κ2) is 5.79. The average molecular weight is 291 g/mol. The predicted octanol–water partition coefficient (Wildman–Crippen LogP) is 2.97. The van der Waals surface area contributed by atoms with Gasteiger partial charge in [-0.05, 0) is 6.92 Å². The Morgan fingerprint density at radius 2 is 1.60 bits per heavy atom. The van der Waals surface area contributed by atoms with Gasteiger partial charge in [-0.2, -0.15) is 0 Å². The van der Waals surface area contributed by atoms with Crippen LogP contribution in [0, 0.1) is 6.92 Å². The van der Waals surface area contributed by atoms with Crippen molar-refractivity contribution < 1.29 is 4.57 Å². The van der Waals surface area contributed by atoms with Gasteiger partial charge in [0.2, 0.25) is 0 Å². The zero-order valence-electron chi connectivity index (χ0n) is 5.85. The van der Waals surface area contributed by atoms with Crippen molar-refractivity contribution in [3.63, 3.8) is 0 Å². The van der Waals surface area contributed by atoms with Gasteiger partial charge in [0.25, 0.3) is 0 Å². The summed E-state index contributed by atoms with van der Waals surface area (Å²) in [5, 5.41) is 1.65. The Morgan fingerprint density at radius 1 is 1.20 bits per heavy atom. The third-order valence-corrected chi connectivity index (χ3v) is 6.30. The maximum Gasteiger partial charge on any atom is 0.0893 e. The molecule has 0 saturated carbocycles. The standard InChI is InChI=1S/C6H12Br2OP/c1-2-10(9,5-3-7)6-4-8/h1-6H2. The number of hydrogen-bond donors (Lipinski definition) is 0. The van der Waals surface area contributed by atoms with Crippen molar-refractivity contribution in [2.75, 3.05) is 29.1 Å². The molecule has 0 atom stereocenters. The zero-order chi connectivity index (χ0) is 8.04. The first-order valence-electron chi connectivity index (χ1n) is 3.17. The maximum absolute atomic E-state index is 11.7. The van der Waals surface area contributed by atoms with Crippen LogP contribution in [0.25, 0.3) is 0 Å². The molecule has 61 valence electrons. The molecule has 0 unspecified atom stereocenters. The van der Waals surface area contributed by atoms with Crippen LogP contribution in [0.1, 0.15) is 0 Å². The van der Waals surface area contributed by atoms with E-state index in [9.17, 15) is 4.57 Å². The Bertz CT molecular complexity index is 117. The Hall–Kier alpha value is 1.19. The Balaban J connectivity index is 3.83. The molecule has 0 N–H and O–H groups in total. The number of hydrogen-bond acceptors (Lipinski definition) is 1. The number of alkyl halides is 2. The molecule has 0 aliphatic carbocycles. The molecule has 1 radical (unpaired) electrons. The Labute approximate surface area is 79.6 Å². The highest BCUT2D eigenvalue weighted by molar-refractivity contribution is 9.09. The number of rotatable bonds is 5.